The first kappa shape index (κ1) is 16.8. The molecule has 4 nitrogen and oxygen atoms in total. The number of amides is 1. The van der Waals surface area contributed by atoms with Gasteiger partial charge in [0.1, 0.15) is 0 Å². The normalized spacial score (nSPS) is 23.6. The molecule has 1 saturated carbocycles. The van der Waals surface area contributed by atoms with E-state index in [0.717, 1.165) is 24.0 Å². The summed E-state index contributed by atoms with van der Waals surface area (Å²) in [5.41, 5.74) is 4.26. The maximum Gasteiger partial charge on any atom is 0.307 e. The van der Waals surface area contributed by atoms with Gasteiger partial charge in [-0.3, -0.25) is 9.59 Å². The van der Waals surface area contributed by atoms with Gasteiger partial charge in [-0.15, -0.1) is 0 Å². The van der Waals surface area contributed by atoms with Crippen molar-refractivity contribution in [3.05, 3.63) is 59.7 Å². The van der Waals surface area contributed by atoms with Crippen molar-refractivity contribution >= 4 is 11.9 Å². The van der Waals surface area contributed by atoms with Gasteiger partial charge in [0.05, 0.1) is 5.92 Å². The molecule has 1 unspecified atom stereocenters. The van der Waals surface area contributed by atoms with Crippen LogP contribution in [0.2, 0.25) is 0 Å². The lowest BCUT2D eigenvalue weighted by atomic mass is 10.0. The van der Waals surface area contributed by atoms with Crippen molar-refractivity contribution in [3.63, 3.8) is 0 Å². The van der Waals surface area contributed by atoms with Crippen LogP contribution >= 0.6 is 0 Å². The van der Waals surface area contributed by atoms with Crippen molar-refractivity contribution in [3.8, 4) is 11.1 Å². The Kier molecular flexibility index (Phi) is 4.27. The fraction of sp³-hybridized carbons (Fsp3) is 0.364. The van der Waals surface area contributed by atoms with Gasteiger partial charge in [-0.2, -0.15) is 0 Å². The zero-order valence-corrected chi connectivity index (χ0v) is 14.9. The summed E-state index contributed by atoms with van der Waals surface area (Å²) in [4.78, 5) is 25.5. The van der Waals surface area contributed by atoms with Crippen molar-refractivity contribution in [2.45, 2.75) is 19.8 Å². The highest BCUT2D eigenvalue weighted by atomic mass is 16.4. The summed E-state index contributed by atoms with van der Waals surface area (Å²) in [7, 11) is 0. The molecule has 2 aromatic carbocycles. The zero-order valence-electron chi connectivity index (χ0n) is 14.9. The Morgan fingerprint density at radius 1 is 0.962 bits per heavy atom. The van der Waals surface area contributed by atoms with Gasteiger partial charge in [0.2, 0.25) is 0 Å². The molecule has 2 aliphatic rings. The summed E-state index contributed by atoms with van der Waals surface area (Å²) in [6.07, 6.45) is 2.23. The summed E-state index contributed by atoms with van der Waals surface area (Å²) in [6, 6.07) is 16.3. The van der Waals surface area contributed by atoms with Crippen LogP contribution in [0.4, 0.5) is 0 Å². The Morgan fingerprint density at radius 3 is 2.00 bits per heavy atom. The maximum atomic E-state index is 12.6. The maximum absolute atomic E-state index is 12.6. The predicted molar refractivity (Wildman–Crippen MR) is 99.9 cm³/mol. The monoisotopic (exact) mass is 349 g/mol. The first-order chi connectivity index (χ1) is 12.6. The summed E-state index contributed by atoms with van der Waals surface area (Å²) < 4.78 is 0. The molecule has 0 spiro atoms. The molecule has 1 N–H and O–H groups in total. The van der Waals surface area contributed by atoms with Gasteiger partial charge < -0.3 is 10.0 Å². The number of nitrogens with zero attached hydrogens (tertiary/aromatic N) is 1. The summed E-state index contributed by atoms with van der Waals surface area (Å²) in [5, 5.41) is 9.08. The van der Waals surface area contributed by atoms with Crippen LogP contribution in [0.15, 0.2) is 48.5 Å². The van der Waals surface area contributed by atoms with Crippen LogP contribution in [-0.2, 0) is 11.2 Å². The third-order valence-corrected chi connectivity index (χ3v) is 5.72. The van der Waals surface area contributed by atoms with Crippen LogP contribution in [0.3, 0.4) is 0 Å². The molecule has 4 heteroatoms. The average molecular weight is 349 g/mol. The molecule has 0 aromatic heterocycles. The van der Waals surface area contributed by atoms with E-state index in [-0.39, 0.29) is 23.7 Å². The van der Waals surface area contributed by atoms with E-state index in [9.17, 15) is 9.59 Å². The number of aliphatic carboxylic acids is 1. The second-order valence-electron chi connectivity index (χ2n) is 7.43. The third kappa shape index (κ3) is 3.00. The van der Waals surface area contributed by atoms with E-state index in [4.69, 9.17) is 5.11 Å². The van der Waals surface area contributed by atoms with Crippen molar-refractivity contribution in [2.24, 2.45) is 17.8 Å². The minimum absolute atomic E-state index is 0.00572. The number of likely N-dealkylation sites (tertiary alicyclic amines) is 1. The number of benzene rings is 2. The Morgan fingerprint density at radius 2 is 1.50 bits per heavy atom. The molecule has 4 rings (SSSR count). The average Bonchev–Trinajstić information content (AvgIpc) is 3.17. The number of carbonyl (C=O) groups excluding carboxylic acids is 1. The van der Waals surface area contributed by atoms with Gasteiger partial charge in [0.15, 0.2) is 0 Å². The number of hydrogen-bond donors (Lipinski definition) is 1. The van der Waals surface area contributed by atoms with Crippen LogP contribution in [-0.4, -0.2) is 35.0 Å². The molecule has 1 saturated heterocycles. The summed E-state index contributed by atoms with van der Waals surface area (Å²) in [5.74, 6) is -0.653. The Balaban J connectivity index is 1.42. The molecule has 26 heavy (non-hydrogen) atoms. The van der Waals surface area contributed by atoms with Crippen molar-refractivity contribution < 1.29 is 14.7 Å². The Bertz CT molecular complexity index is 813. The summed E-state index contributed by atoms with van der Waals surface area (Å²) >= 11 is 0. The topological polar surface area (TPSA) is 57.6 Å². The first-order valence-electron chi connectivity index (χ1n) is 9.30. The second kappa shape index (κ2) is 6.60. The number of fused-ring (bicyclic) bond motifs is 1. The van der Waals surface area contributed by atoms with E-state index >= 15 is 0 Å². The van der Waals surface area contributed by atoms with Crippen molar-refractivity contribution in [1.82, 2.24) is 4.90 Å². The predicted octanol–water partition coefficient (Wildman–Crippen LogP) is 3.71. The van der Waals surface area contributed by atoms with Gasteiger partial charge in [-0.1, -0.05) is 49.7 Å². The molecule has 0 bridgehead atoms. The number of rotatable bonds is 5. The van der Waals surface area contributed by atoms with Crippen LogP contribution in [0.25, 0.3) is 11.1 Å². The third-order valence-electron chi connectivity index (χ3n) is 5.72. The number of carboxylic acid groups (broad SMARTS) is 1. The largest absolute Gasteiger partial charge is 0.481 e. The van der Waals surface area contributed by atoms with Gasteiger partial charge >= 0.3 is 5.97 Å². The lowest BCUT2D eigenvalue weighted by Crippen LogP contribution is -2.32. The van der Waals surface area contributed by atoms with E-state index in [0.29, 0.717) is 18.7 Å². The summed E-state index contributed by atoms with van der Waals surface area (Å²) in [6.45, 7) is 3.32. The fourth-order valence-electron chi connectivity index (χ4n) is 4.20. The minimum Gasteiger partial charge on any atom is -0.481 e. The molecule has 2 aromatic rings. The number of carboxylic acids is 1. The lowest BCUT2D eigenvalue weighted by molar-refractivity contribution is -0.139. The second-order valence-corrected chi connectivity index (χ2v) is 7.43. The van der Waals surface area contributed by atoms with Crippen LogP contribution in [0, 0.1) is 17.8 Å². The standard InChI is InChI=1S/C22H23NO3/c1-2-3-14-4-6-15(7-5-14)16-8-10-17(11-9-16)21(24)23-12-18-19(13-23)20(18)22(25)26/h4-11,18-20H,2-3,12-13H2,1H3,(H,25,26)/t18-,19+,20?. The molecule has 1 aliphatic carbocycles. The fourth-order valence-corrected chi connectivity index (χ4v) is 4.20. The quantitative estimate of drug-likeness (QED) is 0.895. The smallest absolute Gasteiger partial charge is 0.307 e. The van der Waals surface area contributed by atoms with Crippen LogP contribution in [0.5, 0.6) is 0 Å². The van der Waals surface area contributed by atoms with Gasteiger partial charge in [0.25, 0.3) is 5.91 Å². The molecule has 1 aliphatic heterocycles. The molecule has 134 valence electrons. The van der Waals surface area contributed by atoms with Gasteiger partial charge in [-0.05, 0) is 47.1 Å². The number of piperidine rings is 1. The van der Waals surface area contributed by atoms with Crippen molar-refractivity contribution in [1.29, 1.82) is 0 Å². The Hall–Kier alpha value is -2.62. The van der Waals surface area contributed by atoms with E-state index in [2.05, 4.69) is 31.2 Å². The Labute approximate surface area is 153 Å². The van der Waals surface area contributed by atoms with Gasteiger partial charge in [-0.25, -0.2) is 0 Å². The highest BCUT2D eigenvalue weighted by Crippen LogP contribution is 2.51. The number of hydrogen-bond acceptors (Lipinski definition) is 2. The number of carbonyl (C=O) groups is 2. The van der Waals surface area contributed by atoms with E-state index < -0.39 is 5.97 Å². The number of aryl methyl sites for hydroxylation is 1. The first-order valence-corrected chi connectivity index (χ1v) is 9.30. The van der Waals surface area contributed by atoms with E-state index in [1.54, 1.807) is 4.90 Å². The zero-order chi connectivity index (χ0) is 18.3. The molecule has 1 amide bonds. The van der Waals surface area contributed by atoms with Crippen LogP contribution < -0.4 is 0 Å². The van der Waals surface area contributed by atoms with E-state index in [1.807, 2.05) is 24.3 Å². The molecular formula is C22H23NO3. The SMILES string of the molecule is CCCc1ccc(-c2ccc(C(=O)N3C[C@@H]4C(C(=O)O)[C@@H]4C3)cc2)cc1. The van der Waals surface area contributed by atoms with E-state index in [1.165, 1.54) is 5.56 Å². The van der Waals surface area contributed by atoms with Crippen LogP contribution in [0.1, 0.15) is 29.3 Å². The van der Waals surface area contributed by atoms with Gasteiger partial charge in [0, 0.05) is 18.7 Å². The molecule has 2 fully saturated rings. The lowest BCUT2D eigenvalue weighted by Gasteiger charge is -2.19. The molecule has 1 heterocycles. The minimum atomic E-state index is -0.721. The molecular weight excluding hydrogens is 326 g/mol. The molecule has 3 atom stereocenters. The molecule has 0 radical (unpaired) electrons. The highest BCUT2D eigenvalue weighted by Gasteiger charge is 2.60. The highest BCUT2D eigenvalue weighted by molar-refractivity contribution is 5.95. The van der Waals surface area contributed by atoms with Crippen molar-refractivity contribution in [2.75, 3.05) is 13.1 Å².